The van der Waals surface area contributed by atoms with Crippen molar-refractivity contribution in [1.82, 2.24) is 4.90 Å². The molecule has 0 radical (unpaired) electrons. The number of hydrogen-bond acceptors (Lipinski definition) is 5. The molecule has 0 bridgehead atoms. The molecule has 0 atom stereocenters. The highest BCUT2D eigenvalue weighted by Crippen LogP contribution is 2.32. The van der Waals surface area contributed by atoms with Crippen LogP contribution in [0.25, 0.3) is 0 Å². The lowest BCUT2D eigenvalue weighted by Gasteiger charge is -2.22. The summed E-state index contributed by atoms with van der Waals surface area (Å²) in [6, 6.07) is 14.6. The Morgan fingerprint density at radius 3 is 2.38 bits per heavy atom. The average Bonchev–Trinajstić information content (AvgIpc) is 3.46. The van der Waals surface area contributed by atoms with Gasteiger partial charge in [0.05, 0.1) is 12.3 Å². The lowest BCUT2D eigenvalue weighted by atomic mass is 10.0. The minimum atomic E-state index is -2.55. The van der Waals surface area contributed by atoms with Crippen molar-refractivity contribution >= 4 is 29.1 Å². The predicted octanol–water partition coefficient (Wildman–Crippen LogP) is 6.66. The Hall–Kier alpha value is -2.67. The smallest absolute Gasteiger partial charge is 0.278 e. The highest BCUT2D eigenvalue weighted by molar-refractivity contribution is 7.99. The molecule has 0 fully saturated rings. The normalized spacial score (nSPS) is 14.5. The van der Waals surface area contributed by atoms with Crippen molar-refractivity contribution in [2.24, 2.45) is 10.2 Å². The first-order valence-electron chi connectivity index (χ1n) is 10.8. The third kappa shape index (κ3) is 5.38. The molecule has 4 rings (SSSR count). The Labute approximate surface area is 193 Å². The van der Waals surface area contributed by atoms with Crippen LogP contribution in [-0.4, -0.2) is 29.0 Å². The van der Waals surface area contributed by atoms with Gasteiger partial charge in [-0.2, -0.15) is 10.2 Å². The lowest BCUT2D eigenvalue weighted by Crippen LogP contribution is -2.14. The highest BCUT2D eigenvalue weighted by atomic mass is 32.2. The monoisotopic (exact) mass is 456 g/mol. The van der Waals surface area contributed by atoms with Gasteiger partial charge in [-0.15, -0.1) is 0 Å². The molecule has 0 aromatic heterocycles. The standard InChI is InChI=1S/C23H24F2N4S.C2H6/c1-15(2)28-13-18-8-9-20(10-19(18)14-28)29(30-3)12-16-4-6-17(7-5-16)21-11-22(23(24)25)27-26-21;1-2/h4-10,23H,1,11-14H2,2-3H3;1-2H3. The molecule has 2 aromatic rings. The summed E-state index contributed by atoms with van der Waals surface area (Å²) in [5.74, 6) is 0. The molecular weight excluding hydrogens is 426 g/mol. The van der Waals surface area contributed by atoms with E-state index >= 15 is 0 Å². The van der Waals surface area contributed by atoms with Crippen LogP contribution < -0.4 is 4.31 Å². The number of alkyl halides is 2. The number of benzene rings is 2. The molecule has 32 heavy (non-hydrogen) atoms. The Balaban J connectivity index is 0.00000141. The molecule has 4 nitrogen and oxygen atoms in total. The van der Waals surface area contributed by atoms with Gasteiger partial charge in [-0.1, -0.05) is 62.7 Å². The van der Waals surface area contributed by atoms with Gasteiger partial charge in [-0.05, 0) is 41.3 Å². The second kappa shape index (κ2) is 10.8. The summed E-state index contributed by atoms with van der Waals surface area (Å²) >= 11 is 1.68. The van der Waals surface area contributed by atoms with E-state index in [1.54, 1.807) is 11.9 Å². The zero-order chi connectivity index (χ0) is 23.3. The van der Waals surface area contributed by atoms with Crippen molar-refractivity contribution in [3.05, 3.63) is 77.0 Å². The van der Waals surface area contributed by atoms with Crippen LogP contribution in [0.4, 0.5) is 14.5 Å². The van der Waals surface area contributed by atoms with Gasteiger partial charge in [0.2, 0.25) is 0 Å². The van der Waals surface area contributed by atoms with E-state index in [-0.39, 0.29) is 12.1 Å². The molecule has 0 saturated carbocycles. The molecule has 7 heteroatoms. The van der Waals surface area contributed by atoms with Crippen LogP contribution in [0.5, 0.6) is 0 Å². The molecule has 2 aliphatic heterocycles. The molecule has 2 aromatic carbocycles. The first kappa shape index (κ1) is 24.0. The summed E-state index contributed by atoms with van der Waals surface area (Å²) in [4.78, 5) is 2.28. The molecule has 0 aliphatic carbocycles. The number of nitrogens with zero attached hydrogens (tertiary/aromatic N) is 4. The van der Waals surface area contributed by atoms with E-state index in [4.69, 9.17) is 0 Å². The number of halogens is 2. The summed E-state index contributed by atoms with van der Waals surface area (Å²) in [5, 5.41) is 7.51. The van der Waals surface area contributed by atoms with E-state index in [0.717, 1.165) is 36.5 Å². The van der Waals surface area contributed by atoms with Crippen LogP contribution in [0.1, 0.15) is 49.4 Å². The fourth-order valence-electron chi connectivity index (χ4n) is 3.68. The summed E-state index contributed by atoms with van der Waals surface area (Å²) in [7, 11) is 0. The molecule has 0 spiro atoms. The quantitative estimate of drug-likeness (QED) is 0.437. The molecule has 170 valence electrons. The Morgan fingerprint density at radius 1 is 1.09 bits per heavy atom. The largest absolute Gasteiger partial charge is 0.367 e. The third-order valence-corrected chi connectivity index (χ3v) is 6.25. The molecule has 0 amide bonds. The second-order valence-corrected chi connectivity index (χ2v) is 8.38. The maximum absolute atomic E-state index is 12.8. The van der Waals surface area contributed by atoms with Crippen molar-refractivity contribution < 1.29 is 8.78 Å². The van der Waals surface area contributed by atoms with Gasteiger partial charge < -0.3 is 9.21 Å². The van der Waals surface area contributed by atoms with Gasteiger partial charge in [0, 0.05) is 37.2 Å². The van der Waals surface area contributed by atoms with Gasteiger partial charge in [-0.25, -0.2) is 8.78 Å². The lowest BCUT2D eigenvalue weighted by molar-refractivity contribution is 0.224. The van der Waals surface area contributed by atoms with Crippen LogP contribution in [-0.2, 0) is 19.6 Å². The topological polar surface area (TPSA) is 31.2 Å². The SMILES string of the molecule is C=C(C)N1Cc2ccc(N(Cc3ccc(C4=NN=C(C(F)F)C4)cc3)SC)cc2C1.CC. The minimum absolute atomic E-state index is 0.115. The zero-order valence-electron chi connectivity index (χ0n) is 19.1. The van der Waals surface area contributed by atoms with Crippen molar-refractivity contribution in [1.29, 1.82) is 0 Å². The van der Waals surface area contributed by atoms with Crippen molar-refractivity contribution in [2.75, 3.05) is 10.6 Å². The van der Waals surface area contributed by atoms with Crippen LogP contribution >= 0.6 is 11.9 Å². The Bertz CT molecular complexity index is 1020. The summed E-state index contributed by atoms with van der Waals surface area (Å²) in [6.45, 7) is 12.7. The van der Waals surface area contributed by atoms with E-state index in [0.29, 0.717) is 5.71 Å². The van der Waals surface area contributed by atoms with E-state index in [1.807, 2.05) is 45.0 Å². The van der Waals surface area contributed by atoms with Crippen molar-refractivity contribution in [2.45, 2.75) is 53.3 Å². The van der Waals surface area contributed by atoms with Gasteiger partial charge in [0.15, 0.2) is 0 Å². The van der Waals surface area contributed by atoms with E-state index < -0.39 is 6.43 Å². The molecule has 2 heterocycles. The molecule has 0 unspecified atom stereocenters. The molecular formula is C25H30F2N4S. The van der Waals surface area contributed by atoms with Gasteiger partial charge >= 0.3 is 0 Å². The fourth-order valence-corrected chi connectivity index (χ4v) is 4.29. The molecule has 0 saturated heterocycles. The maximum Gasteiger partial charge on any atom is 0.278 e. The maximum atomic E-state index is 12.8. The first-order chi connectivity index (χ1) is 15.4. The minimum Gasteiger partial charge on any atom is -0.367 e. The third-order valence-electron chi connectivity index (χ3n) is 5.47. The van der Waals surface area contributed by atoms with Crippen molar-refractivity contribution in [3.63, 3.8) is 0 Å². The van der Waals surface area contributed by atoms with Crippen LogP contribution in [0.2, 0.25) is 0 Å². The number of rotatable bonds is 7. The molecule has 0 N–H and O–H groups in total. The Morgan fingerprint density at radius 2 is 1.78 bits per heavy atom. The average molecular weight is 457 g/mol. The van der Waals surface area contributed by atoms with E-state index in [9.17, 15) is 8.78 Å². The first-order valence-corrected chi connectivity index (χ1v) is 12.0. The van der Waals surface area contributed by atoms with Gasteiger partial charge in [0.25, 0.3) is 6.43 Å². The summed E-state index contributed by atoms with van der Waals surface area (Å²) in [6.07, 6.45) is -0.363. The highest BCUT2D eigenvalue weighted by Gasteiger charge is 2.22. The predicted molar refractivity (Wildman–Crippen MR) is 133 cm³/mol. The van der Waals surface area contributed by atoms with Crippen molar-refractivity contribution in [3.8, 4) is 0 Å². The van der Waals surface area contributed by atoms with E-state index in [2.05, 4.69) is 50.4 Å². The fraction of sp³-hybridized carbons (Fsp3) is 0.360. The second-order valence-electron chi connectivity index (χ2n) is 7.58. The summed E-state index contributed by atoms with van der Waals surface area (Å²) < 4.78 is 27.8. The van der Waals surface area contributed by atoms with Crippen LogP contribution in [0.3, 0.4) is 0 Å². The number of hydrogen-bond donors (Lipinski definition) is 0. The van der Waals surface area contributed by atoms with Crippen LogP contribution in [0, 0.1) is 0 Å². The van der Waals surface area contributed by atoms with Crippen LogP contribution in [0.15, 0.2) is 64.9 Å². The van der Waals surface area contributed by atoms with Gasteiger partial charge in [0.1, 0.15) is 5.71 Å². The Kier molecular flexibility index (Phi) is 8.07. The zero-order valence-corrected chi connectivity index (χ0v) is 19.9. The van der Waals surface area contributed by atoms with Gasteiger partial charge in [-0.3, -0.25) is 0 Å². The number of allylic oxidation sites excluding steroid dienone is 1. The summed E-state index contributed by atoms with van der Waals surface area (Å²) in [5.41, 5.74) is 7.38. The van der Waals surface area contributed by atoms with E-state index in [1.165, 1.54) is 16.8 Å². The number of anilines is 1. The molecule has 2 aliphatic rings. The number of fused-ring (bicyclic) bond motifs is 1.